The van der Waals surface area contributed by atoms with Gasteiger partial charge >= 0.3 is 0 Å². The molecule has 2 aromatic rings. The molecule has 3 rings (SSSR count). The molecule has 1 fully saturated rings. The minimum absolute atomic E-state index is 0.174. The predicted molar refractivity (Wildman–Crippen MR) is 128 cm³/mol. The van der Waals surface area contributed by atoms with E-state index < -0.39 is 0 Å². The molecule has 5 nitrogen and oxygen atoms in total. The number of ether oxygens (including phenoxy) is 2. The van der Waals surface area contributed by atoms with Crippen LogP contribution in [0.15, 0.2) is 65.3 Å². The summed E-state index contributed by atoms with van der Waals surface area (Å²) in [6.07, 6.45) is 3.48. The number of thiocarbonyl (C=S) groups is 1. The van der Waals surface area contributed by atoms with Gasteiger partial charge in [0, 0.05) is 12.2 Å². The fourth-order valence-corrected chi connectivity index (χ4v) is 4.10. The normalized spacial score (nSPS) is 15.1. The van der Waals surface area contributed by atoms with E-state index in [1.807, 2.05) is 62.4 Å². The highest BCUT2D eigenvalue weighted by Gasteiger charge is 2.38. The maximum absolute atomic E-state index is 13.2. The molecule has 2 aromatic carbocycles. The lowest BCUT2D eigenvalue weighted by Gasteiger charge is -2.19. The number of amides is 1. The van der Waals surface area contributed by atoms with Crippen molar-refractivity contribution in [3.63, 3.8) is 0 Å². The largest absolute Gasteiger partial charge is 0.490 e. The van der Waals surface area contributed by atoms with Crippen LogP contribution in [0.25, 0.3) is 6.08 Å². The van der Waals surface area contributed by atoms with E-state index in [1.165, 1.54) is 4.90 Å². The average Bonchev–Trinajstić information content (AvgIpc) is 2.96. The van der Waals surface area contributed by atoms with Gasteiger partial charge in [-0.3, -0.25) is 14.6 Å². The number of benzene rings is 2. The number of carbonyl (C=O) groups excluding carboxylic acids is 1. The van der Waals surface area contributed by atoms with Crippen LogP contribution in [-0.2, 0) is 4.79 Å². The Hall–Kier alpha value is -2.64. The summed E-state index contributed by atoms with van der Waals surface area (Å²) in [6, 6.07) is 13.4. The Morgan fingerprint density at radius 1 is 1.13 bits per heavy atom. The van der Waals surface area contributed by atoms with E-state index in [2.05, 4.69) is 22.5 Å². The maximum Gasteiger partial charge on any atom is 0.277 e. The molecule has 0 N–H and O–H groups in total. The summed E-state index contributed by atoms with van der Waals surface area (Å²) in [5.74, 6) is 1.08. The lowest BCUT2D eigenvalue weighted by Crippen LogP contribution is -2.32. The van der Waals surface area contributed by atoms with Crippen LogP contribution in [0.5, 0.6) is 11.5 Å². The average molecular weight is 487 g/mol. The Bertz CT molecular complexity index is 991. The molecular formula is C23H23BrN2O3S. The number of anilines is 1. The van der Waals surface area contributed by atoms with Gasteiger partial charge in [0.25, 0.3) is 5.91 Å². The van der Waals surface area contributed by atoms with E-state index in [-0.39, 0.29) is 5.91 Å². The van der Waals surface area contributed by atoms with Crippen LogP contribution in [0, 0.1) is 0 Å². The minimum Gasteiger partial charge on any atom is -0.490 e. The third kappa shape index (κ3) is 4.42. The molecule has 0 saturated carbocycles. The SMILES string of the molecule is C=CCN1C(=O)C(=Cc2cc(Br)c(OCC)c(OCC)c2)N(c2ccccc2)C1=S. The van der Waals surface area contributed by atoms with Gasteiger partial charge in [0.2, 0.25) is 0 Å². The number of rotatable bonds is 8. The Balaban J connectivity index is 2.11. The third-order valence-corrected chi connectivity index (χ3v) is 5.37. The quantitative estimate of drug-likeness (QED) is 0.283. The molecule has 1 aliphatic heterocycles. The van der Waals surface area contributed by atoms with Crippen LogP contribution in [-0.4, -0.2) is 35.7 Å². The molecule has 30 heavy (non-hydrogen) atoms. The smallest absolute Gasteiger partial charge is 0.277 e. The second-order valence-corrected chi connectivity index (χ2v) is 7.60. The molecule has 1 aliphatic rings. The topological polar surface area (TPSA) is 42.0 Å². The fourth-order valence-electron chi connectivity index (χ4n) is 3.16. The summed E-state index contributed by atoms with van der Waals surface area (Å²) in [5.41, 5.74) is 2.08. The van der Waals surface area contributed by atoms with Gasteiger partial charge in [-0.05, 0) is 77.9 Å². The molecule has 0 aliphatic carbocycles. The maximum atomic E-state index is 13.2. The van der Waals surface area contributed by atoms with Crippen molar-refractivity contribution in [2.75, 3.05) is 24.7 Å². The van der Waals surface area contributed by atoms with Gasteiger partial charge in [-0.1, -0.05) is 24.3 Å². The molecule has 1 saturated heterocycles. The van der Waals surface area contributed by atoms with Crippen molar-refractivity contribution < 1.29 is 14.3 Å². The first kappa shape index (κ1) is 22.1. The summed E-state index contributed by atoms with van der Waals surface area (Å²) < 4.78 is 12.2. The number of nitrogens with zero attached hydrogens (tertiary/aromatic N) is 2. The van der Waals surface area contributed by atoms with Crippen molar-refractivity contribution in [2.24, 2.45) is 0 Å². The zero-order valence-electron chi connectivity index (χ0n) is 16.9. The number of carbonyl (C=O) groups is 1. The number of hydrogen-bond donors (Lipinski definition) is 0. The number of halogens is 1. The highest BCUT2D eigenvalue weighted by atomic mass is 79.9. The molecule has 7 heteroatoms. The van der Waals surface area contributed by atoms with Gasteiger partial charge in [-0.25, -0.2) is 0 Å². The second kappa shape index (κ2) is 9.91. The Labute approximate surface area is 190 Å². The highest BCUT2D eigenvalue weighted by Crippen LogP contribution is 2.38. The molecule has 1 heterocycles. The van der Waals surface area contributed by atoms with Crippen molar-refractivity contribution >= 4 is 50.9 Å². The van der Waals surface area contributed by atoms with Crippen molar-refractivity contribution in [2.45, 2.75) is 13.8 Å². The van der Waals surface area contributed by atoms with Gasteiger partial charge < -0.3 is 9.47 Å². The predicted octanol–water partition coefficient (Wildman–Crippen LogP) is 5.41. The number of hydrogen-bond acceptors (Lipinski definition) is 4. The van der Waals surface area contributed by atoms with Crippen molar-refractivity contribution in [1.82, 2.24) is 4.90 Å². The van der Waals surface area contributed by atoms with E-state index in [9.17, 15) is 4.79 Å². The summed E-state index contributed by atoms with van der Waals surface area (Å²) in [5, 5.41) is 0.424. The highest BCUT2D eigenvalue weighted by molar-refractivity contribution is 9.10. The van der Waals surface area contributed by atoms with Gasteiger partial charge in [0.1, 0.15) is 5.70 Å². The lowest BCUT2D eigenvalue weighted by molar-refractivity contribution is -0.121. The van der Waals surface area contributed by atoms with Crippen LogP contribution >= 0.6 is 28.1 Å². The summed E-state index contributed by atoms with van der Waals surface area (Å²) in [4.78, 5) is 16.5. The van der Waals surface area contributed by atoms with Crippen LogP contribution in [0.3, 0.4) is 0 Å². The van der Waals surface area contributed by atoms with Crippen molar-refractivity contribution in [3.8, 4) is 11.5 Å². The van der Waals surface area contributed by atoms with E-state index in [1.54, 1.807) is 11.0 Å². The van der Waals surface area contributed by atoms with Crippen molar-refractivity contribution in [1.29, 1.82) is 0 Å². The van der Waals surface area contributed by atoms with Gasteiger partial charge in [-0.15, -0.1) is 6.58 Å². The molecule has 0 bridgehead atoms. The summed E-state index contributed by atoms with van der Waals surface area (Å²) in [7, 11) is 0. The standard InChI is InChI=1S/C23H23BrN2O3S/c1-4-12-25-22(27)19(26(23(25)30)17-10-8-7-9-11-17)14-16-13-18(24)21(29-6-3)20(15-16)28-5-2/h4,7-11,13-15H,1,5-6,12H2,2-3H3. The zero-order chi connectivity index (χ0) is 21.7. The van der Waals surface area contributed by atoms with Crippen LogP contribution < -0.4 is 14.4 Å². The number of para-hydroxylation sites is 1. The molecular weight excluding hydrogens is 464 g/mol. The molecule has 0 spiro atoms. The first-order valence-corrected chi connectivity index (χ1v) is 10.8. The van der Waals surface area contributed by atoms with E-state index >= 15 is 0 Å². The molecule has 0 atom stereocenters. The molecule has 0 radical (unpaired) electrons. The second-order valence-electron chi connectivity index (χ2n) is 6.38. The first-order valence-electron chi connectivity index (χ1n) is 9.64. The molecule has 0 unspecified atom stereocenters. The van der Waals surface area contributed by atoms with E-state index in [0.717, 1.165) is 15.7 Å². The van der Waals surface area contributed by atoms with E-state index in [0.29, 0.717) is 42.1 Å². The molecule has 0 aromatic heterocycles. The van der Waals surface area contributed by atoms with Crippen LogP contribution in [0.1, 0.15) is 19.4 Å². The van der Waals surface area contributed by atoms with Gasteiger partial charge in [0.05, 0.1) is 17.7 Å². The first-order chi connectivity index (χ1) is 14.5. The summed E-state index contributed by atoms with van der Waals surface area (Å²) in [6.45, 7) is 8.94. The summed E-state index contributed by atoms with van der Waals surface area (Å²) >= 11 is 9.18. The molecule has 156 valence electrons. The monoisotopic (exact) mass is 486 g/mol. The van der Waals surface area contributed by atoms with Gasteiger partial charge in [-0.2, -0.15) is 0 Å². The van der Waals surface area contributed by atoms with Crippen LogP contribution in [0.2, 0.25) is 0 Å². The Morgan fingerprint density at radius 2 is 1.83 bits per heavy atom. The van der Waals surface area contributed by atoms with Crippen LogP contribution in [0.4, 0.5) is 5.69 Å². The molecule has 1 amide bonds. The third-order valence-electron chi connectivity index (χ3n) is 4.38. The zero-order valence-corrected chi connectivity index (χ0v) is 19.3. The van der Waals surface area contributed by atoms with Gasteiger partial charge in [0.15, 0.2) is 16.6 Å². The van der Waals surface area contributed by atoms with Crippen molar-refractivity contribution in [3.05, 3.63) is 70.9 Å². The Morgan fingerprint density at radius 3 is 2.47 bits per heavy atom. The fraction of sp³-hybridized carbons (Fsp3) is 0.217. The Kier molecular flexibility index (Phi) is 7.29. The van der Waals surface area contributed by atoms with E-state index in [4.69, 9.17) is 21.7 Å². The minimum atomic E-state index is -0.174. The lowest BCUT2D eigenvalue weighted by atomic mass is 10.1.